The van der Waals surface area contributed by atoms with Gasteiger partial charge in [-0.1, -0.05) is 11.3 Å². The molecule has 1 aromatic heterocycles. The highest BCUT2D eigenvalue weighted by Gasteiger charge is 2.09. The molecule has 1 N–H and O–H groups in total. The molecule has 1 heterocycles. The summed E-state index contributed by atoms with van der Waals surface area (Å²) < 4.78 is 1.75. The number of benzene rings is 1. The average molecular weight is 191 g/mol. The lowest BCUT2D eigenvalue weighted by molar-refractivity contribution is 0.231. The van der Waals surface area contributed by atoms with Gasteiger partial charge in [0.1, 0.15) is 5.52 Å². The minimum absolute atomic E-state index is 0.0261. The zero-order valence-electron chi connectivity index (χ0n) is 8.31. The van der Waals surface area contributed by atoms with E-state index in [0.29, 0.717) is 0 Å². The Kier molecular flexibility index (Phi) is 2.21. The molecule has 0 saturated heterocycles. The SMILES string of the molecule is Cc1ccc2nnn(C(C)CO)c2c1. The third-order valence-corrected chi connectivity index (χ3v) is 2.31. The summed E-state index contributed by atoms with van der Waals surface area (Å²) in [5.41, 5.74) is 3.02. The van der Waals surface area contributed by atoms with Crippen LogP contribution >= 0.6 is 0 Å². The fraction of sp³-hybridized carbons (Fsp3) is 0.400. The van der Waals surface area contributed by atoms with Gasteiger partial charge in [0.05, 0.1) is 18.2 Å². The van der Waals surface area contributed by atoms with Crippen LogP contribution in [0.5, 0.6) is 0 Å². The Morgan fingerprint density at radius 1 is 1.50 bits per heavy atom. The molecule has 4 nitrogen and oxygen atoms in total. The zero-order chi connectivity index (χ0) is 10.1. The van der Waals surface area contributed by atoms with Crippen molar-refractivity contribution < 1.29 is 5.11 Å². The Hall–Kier alpha value is -1.42. The van der Waals surface area contributed by atoms with Gasteiger partial charge in [0.15, 0.2) is 0 Å². The first-order valence-electron chi connectivity index (χ1n) is 4.65. The number of hydrogen-bond donors (Lipinski definition) is 1. The van der Waals surface area contributed by atoms with Gasteiger partial charge in [0.2, 0.25) is 0 Å². The van der Waals surface area contributed by atoms with E-state index in [2.05, 4.69) is 10.3 Å². The molecule has 2 rings (SSSR count). The van der Waals surface area contributed by atoms with Gasteiger partial charge in [0, 0.05) is 0 Å². The molecule has 14 heavy (non-hydrogen) atoms. The lowest BCUT2D eigenvalue weighted by Gasteiger charge is -2.08. The maximum absolute atomic E-state index is 9.05. The van der Waals surface area contributed by atoms with Gasteiger partial charge in [0.25, 0.3) is 0 Å². The number of aryl methyl sites for hydroxylation is 1. The maximum atomic E-state index is 9.05. The lowest BCUT2D eigenvalue weighted by atomic mass is 10.2. The summed E-state index contributed by atoms with van der Waals surface area (Å²) in [6.07, 6.45) is 0. The van der Waals surface area contributed by atoms with E-state index in [1.165, 1.54) is 5.56 Å². The molecule has 0 saturated carbocycles. The Morgan fingerprint density at radius 3 is 3.00 bits per heavy atom. The number of aliphatic hydroxyl groups is 1. The molecular formula is C10H13N3O. The van der Waals surface area contributed by atoms with Crippen molar-refractivity contribution in [3.63, 3.8) is 0 Å². The molecule has 1 atom stereocenters. The molecule has 2 aromatic rings. The zero-order valence-corrected chi connectivity index (χ0v) is 8.31. The van der Waals surface area contributed by atoms with Gasteiger partial charge in [-0.2, -0.15) is 0 Å². The van der Waals surface area contributed by atoms with Crippen molar-refractivity contribution >= 4 is 11.0 Å². The first-order valence-corrected chi connectivity index (χ1v) is 4.65. The van der Waals surface area contributed by atoms with Crippen LogP contribution in [-0.4, -0.2) is 26.7 Å². The Morgan fingerprint density at radius 2 is 2.29 bits per heavy atom. The summed E-state index contributed by atoms with van der Waals surface area (Å²) in [5, 5.41) is 17.1. The van der Waals surface area contributed by atoms with Crippen molar-refractivity contribution in [1.82, 2.24) is 15.0 Å². The third kappa shape index (κ3) is 1.37. The van der Waals surface area contributed by atoms with Crippen LogP contribution in [0, 0.1) is 6.92 Å². The van der Waals surface area contributed by atoms with E-state index in [0.717, 1.165) is 11.0 Å². The number of fused-ring (bicyclic) bond motifs is 1. The quantitative estimate of drug-likeness (QED) is 0.778. The van der Waals surface area contributed by atoms with E-state index < -0.39 is 0 Å². The van der Waals surface area contributed by atoms with Crippen LogP contribution in [0.1, 0.15) is 18.5 Å². The third-order valence-electron chi connectivity index (χ3n) is 2.31. The summed E-state index contributed by atoms with van der Waals surface area (Å²) >= 11 is 0. The van der Waals surface area contributed by atoms with Crippen LogP contribution in [0.3, 0.4) is 0 Å². The van der Waals surface area contributed by atoms with E-state index in [1.54, 1.807) is 4.68 Å². The molecule has 0 aliphatic carbocycles. The van der Waals surface area contributed by atoms with Gasteiger partial charge < -0.3 is 5.11 Å². The van der Waals surface area contributed by atoms with Crippen molar-refractivity contribution in [3.8, 4) is 0 Å². The van der Waals surface area contributed by atoms with Crippen molar-refractivity contribution in [1.29, 1.82) is 0 Å². The summed E-state index contributed by atoms with van der Waals surface area (Å²) in [7, 11) is 0. The second-order valence-electron chi connectivity index (χ2n) is 3.56. The van der Waals surface area contributed by atoms with Gasteiger partial charge in [-0.25, -0.2) is 4.68 Å². The molecule has 0 bridgehead atoms. The standard InChI is InChI=1S/C10H13N3O/c1-7-3-4-9-10(5-7)13(12-11-9)8(2)6-14/h3-5,8,14H,6H2,1-2H3. The Balaban J connectivity index is 2.61. The normalized spacial score (nSPS) is 13.4. The van der Waals surface area contributed by atoms with Crippen LogP contribution in [-0.2, 0) is 0 Å². The molecule has 0 aliphatic heterocycles. The van der Waals surface area contributed by atoms with Gasteiger partial charge in [-0.05, 0) is 31.5 Å². The minimum Gasteiger partial charge on any atom is -0.394 e. The molecule has 0 fully saturated rings. The van der Waals surface area contributed by atoms with E-state index >= 15 is 0 Å². The molecule has 0 aliphatic rings. The molecule has 1 aromatic carbocycles. The molecule has 0 radical (unpaired) electrons. The van der Waals surface area contributed by atoms with E-state index in [-0.39, 0.29) is 12.6 Å². The highest BCUT2D eigenvalue weighted by molar-refractivity contribution is 5.75. The molecule has 0 spiro atoms. The summed E-state index contributed by atoms with van der Waals surface area (Å²) in [6.45, 7) is 4.02. The molecule has 4 heteroatoms. The second-order valence-corrected chi connectivity index (χ2v) is 3.56. The maximum Gasteiger partial charge on any atom is 0.113 e. The molecule has 0 amide bonds. The number of aliphatic hydroxyl groups excluding tert-OH is 1. The predicted octanol–water partition coefficient (Wildman–Crippen LogP) is 1.29. The Bertz CT molecular complexity index is 450. The number of nitrogens with zero attached hydrogens (tertiary/aromatic N) is 3. The first-order chi connectivity index (χ1) is 6.72. The van der Waals surface area contributed by atoms with Crippen molar-refractivity contribution in [2.24, 2.45) is 0 Å². The minimum atomic E-state index is -0.0261. The fourth-order valence-electron chi connectivity index (χ4n) is 1.45. The van der Waals surface area contributed by atoms with Crippen molar-refractivity contribution in [2.75, 3.05) is 6.61 Å². The topological polar surface area (TPSA) is 50.9 Å². The van der Waals surface area contributed by atoms with Crippen LogP contribution in [0.15, 0.2) is 18.2 Å². The van der Waals surface area contributed by atoms with E-state index in [1.807, 2.05) is 32.0 Å². The van der Waals surface area contributed by atoms with Crippen molar-refractivity contribution in [3.05, 3.63) is 23.8 Å². The van der Waals surface area contributed by atoms with Crippen LogP contribution < -0.4 is 0 Å². The Labute approximate surface area is 82.2 Å². The van der Waals surface area contributed by atoms with E-state index in [9.17, 15) is 0 Å². The first kappa shape index (κ1) is 9.15. The second kappa shape index (κ2) is 3.38. The molecule has 74 valence electrons. The highest BCUT2D eigenvalue weighted by atomic mass is 16.3. The van der Waals surface area contributed by atoms with Gasteiger partial charge in [-0.3, -0.25) is 0 Å². The fourth-order valence-corrected chi connectivity index (χ4v) is 1.45. The summed E-state index contributed by atoms with van der Waals surface area (Å²) in [5.74, 6) is 0. The van der Waals surface area contributed by atoms with Gasteiger partial charge >= 0.3 is 0 Å². The van der Waals surface area contributed by atoms with Crippen molar-refractivity contribution in [2.45, 2.75) is 19.9 Å². The average Bonchev–Trinajstić information content (AvgIpc) is 2.59. The number of aromatic nitrogens is 3. The smallest absolute Gasteiger partial charge is 0.113 e. The molecule has 1 unspecified atom stereocenters. The largest absolute Gasteiger partial charge is 0.394 e. The van der Waals surface area contributed by atoms with Crippen LogP contribution in [0.25, 0.3) is 11.0 Å². The van der Waals surface area contributed by atoms with Gasteiger partial charge in [-0.15, -0.1) is 5.10 Å². The number of rotatable bonds is 2. The van der Waals surface area contributed by atoms with Crippen LogP contribution in [0.2, 0.25) is 0 Å². The summed E-state index contributed by atoms with van der Waals surface area (Å²) in [4.78, 5) is 0. The monoisotopic (exact) mass is 191 g/mol. The number of hydrogen-bond acceptors (Lipinski definition) is 3. The predicted molar refractivity (Wildman–Crippen MR) is 54.1 cm³/mol. The lowest BCUT2D eigenvalue weighted by Crippen LogP contribution is -2.10. The van der Waals surface area contributed by atoms with E-state index in [4.69, 9.17) is 5.11 Å². The van der Waals surface area contributed by atoms with Crippen LogP contribution in [0.4, 0.5) is 0 Å². The summed E-state index contributed by atoms with van der Waals surface area (Å²) in [6, 6.07) is 5.95. The molecular weight excluding hydrogens is 178 g/mol. The highest BCUT2D eigenvalue weighted by Crippen LogP contribution is 2.16.